The van der Waals surface area contributed by atoms with Crippen molar-refractivity contribution in [1.29, 1.82) is 0 Å². The number of fused-ring (bicyclic) bond motifs is 2. The highest BCUT2D eigenvalue weighted by molar-refractivity contribution is 6.04. The molecule has 2 aliphatic rings. The molecule has 2 aliphatic heterocycles. The summed E-state index contributed by atoms with van der Waals surface area (Å²) in [7, 11) is 0. The van der Waals surface area contributed by atoms with Gasteiger partial charge in [0.1, 0.15) is 0 Å². The minimum Gasteiger partial charge on any atom is -0.449 e. The average molecular weight is 351 g/mol. The topological polar surface area (TPSA) is 88.3 Å². The van der Waals surface area contributed by atoms with E-state index in [0.717, 1.165) is 24.2 Å². The highest BCUT2D eigenvalue weighted by Gasteiger charge is 2.32. The van der Waals surface area contributed by atoms with Gasteiger partial charge in [-0.15, -0.1) is 12.4 Å². The zero-order valence-corrected chi connectivity index (χ0v) is 14.3. The van der Waals surface area contributed by atoms with E-state index in [1.165, 1.54) is 0 Å². The lowest BCUT2D eigenvalue weighted by Crippen LogP contribution is -2.29. The molecule has 0 saturated carbocycles. The van der Waals surface area contributed by atoms with Gasteiger partial charge in [0.05, 0.1) is 0 Å². The number of carbonyl (C=O) groups is 1. The molecule has 7 nitrogen and oxygen atoms in total. The maximum atomic E-state index is 12.5. The van der Waals surface area contributed by atoms with Gasteiger partial charge in [-0.1, -0.05) is 0 Å². The monoisotopic (exact) mass is 350 g/mol. The molecule has 128 valence electrons. The zero-order valence-electron chi connectivity index (χ0n) is 13.4. The maximum absolute atomic E-state index is 12.5. The molecule has 4 rings (SSSR count). The Bertz CT molecular complexity index is 788. The SMILES string of the molecule is CC1(C)Oc2ccc(NC(=O)c3n[nH]c4c3CNCC4)cc2O1.Cl. The molecule has 0 saturated heterocycles. The maximum Gasteiger partial charge on any atom is 0.276 e. The smallest absolute Gasteiger partial charge is 0.276 e. The molecule has 0 unspecified atom stereocenters. The van der Waals surface area contributed by atoms with Crippen molar-refractivity contribution in [3.63, 3.8) is 0 Å². The largest absolute Gasteiger partial charge is 0.449 e. The van der Waals surface area contributed by atoms with Gasteiger partial charge in [0.25, 0.3) is 5.91 Å². The highest BCUT2D eigenvalue weighted by Crippen LogP contribution is 2.40. The van der Waals surface area contributed by atoms with Crippen LogP contribution in [0.3, 0.4) is 0 Å². The Hall–Kier alpha value is -2.25. The first-order valence-corrected chi connectivity index (χ1v) is 7.62. The van der Waals surface area contributed by atoms with Crippen molar-refractivity contribution in [3.05, 3.63) is 35.2 Å². The number of nitrogens with zero attached hydrogens (tertiary/aromatic N) is 1. The predicted molar refractivity (Wildman–Crippen MR) is 91.0 cm³/mol. The van der Waals surface area contributed by atoms with Crippen LogP contribution in [0.4, 0.5) is 5.69 Å². The van der Waals surface area contributed by atoms with Gasteiger partial charge in [0.15, 0.2) is 17.2 Å². The van der Waals surface area contributed by atoms with E-state index in [2.05, 4.69) is 20.8 Å². The average Bonchev–Trinajstić information content (AvgIpc) is 3.05. The van der Waals surface area contributed by atoms with Crippen LogP contribution in [-0.4, -0.2) is 28.4 Å². The van der Waals surface area contributed by atoms with E-state index < -0.39 is 5.79 Å². The number of anilines is 1. The number of hydrogen-bond donors (Lipinski definition) is 3. The van der Waals surface area contributed by atoms with E-state index in [1.54, 1.807) is 18.2 Å². The molecule has 0 fully saturated rings. The normalized spacial score (nSPS) is 16.9. The molecule has 1 aromatic heterocycles. The number of benzene rings is 1. The van der Waals surface area contributed by atoms with Gasteiger partial charge in [-0.25, -0.2) is 0 Å². The van der Waals surface area contributed by atoms with Crippen LogP contribution in [-0.2, 0) is 13.0 Å². The number of aromatic nitrogens is 2. The van der Waals surface area contributed by atoms with E-state index in [-0.39, 0.29) is 18.3 Å². The van der Waals surface area contributed by atoms with Crippen LogP contribution in [0.2, 0.25) is 0 Å². The van der Waals surface area contributed by atoms with Gasteiger partial charge in [-0.3, -0.25) is 9.89 Å². The van der Waals surface area contributed by atoms with Gasteiger partial charge in [-0.05, 0) is 12.1 Å². The summed E-state index contributed by atoms with van der Waals surface area (Å²) in [6.07, 6.45) is 0.856. The van der Waals surface area contributed by atoms with Gasteiger partial charge in [-0.2, -0.15) is 5.10 Å². The summed E-state index contributed by atoms with van der Waals surface area (Å²) in [6.45, 7) is 5.24. The standard InChI is InChI=1S/C16H18N4O3.ClH/c1-16(2)22-12-4-3-9(7-13(12)23-16)18-15(21)14-10-8-17-6-5-11(10)19-20-14;/h3-4,7,17H,5-6,8H2,1-2H3,(H,18,21)(H,19,20);1H. The van der Waals surface area contributed by atoms with Crippen molar-refractivity contribution in [2.45, 2.75) is 32.6 Å². The minimum atomic E-state index is -0.683. The van der Waals surface area contributed by atoms with Gasteiger partial charge in [0, 0.05) is 56.4 Å². The quantitative estimate of drug-likeness (QED) is 0.773. The molecule has 24 heavy (non-hydrogen) atoms. The van der Waals surface area contributed by atoms with E-state index in [0.29, 0.717) is 29.4 Å². The molecular formula is C16H19ClN4O3. The molecule has 0 bridgehead atoms. The van der Waals surface area contributed by atoms with Crippen LogP contribution >= 0.6 is 12.4 Å². The first kappa shape index (κ1) is 16.6. The fourth-order valence-electron chi connectivity index (χ4n) is 2.90. The molecule has 8 heteroatoms. The van der Waals surface area contributed by atoms with Crippen LogP contribution in [0.1, 0.15) is 35.6 Å². The fourth-order valence-corrected chi connectivity index (χ4v) is 2.90. The van der Waals surface area contributed by atoms with E-state index in [9.17, 15) is 4.79 Å². The number of amides is 1. The number of aromatic amines is 1. The molecule has 2 aromatic rings. The lowest BCUT2D eigenvalue weighted by atomic mass is 10.1. The molecule has 3 N–H and O–H groups in total. The molecule has 0 atom stereocenters. The Morgan fingerprint density at radius 2 is 2.08 bits per heavy atom. The summed E-state index contributed by atoms with van der Waals surface area (Å²) < 4.78 is 11.3. The van der Waals surface area contributed by atoms with E-state index >= 15 is 0 Å². The number of carbonyl (C=O) groups excluding carboxylic acids is 1. The number of rotatable bonds is 2. The lowest BCUT2D eigenvalue weighted by Gasteiger charge is -2.16. The van der Waals surface area contributed by atoms with E-state index in [1.807, 2.05) is 13.8 Å². The van der Waals surface area contributed by atoms with Crippen molar-refractivity contribution in [3.8, 4) is 11.5 Å². The van der Waals surface area contributed by atoms with Crippen molar-refractivity contribution >= 4 is 24.0 Å². The van der Waals surface area contributed by atoms with Crippen LogP contribution in [0.15, 0.2) is 18.2 Å². The predicted octanol–water partition coefficient (Wildman–Crippen LogP) is 2.24. The van der Waals surface area contributed by atoms with Crippen molar-refractivity contribution in [1.82, 2.24) is 15.5 Å². The van der Waals surface area contributed by atoms with Crippen molar-refractivity contribution in [2.75, 3.05) is 11.9 Å². The Kier molecular flexibility index (Phi) is 4.15. The van der Waals surface area contributed by atoms with Crippen LogP contribution in [0.5, 0.6) is 11.5 Å². The number of ether oxygens (including phenoxy) is 2. The Labute approximate surface area is 145 Å². The van der Waals surface area contributed by atoms with Crippen molar-refractivity contribution < 1.29 is 14.3 Å². The van der Waals surface area contributed by atoms with Crippen LogP contribution < -0.4 is 20.1 Å². The Balaban J connectivity index is 0.00000169. The molecule has 0 aliphatic carbocycles. The second-order valence-electron chi connectivity index (χ2n) is 6.18. The van der Waals surface area contributed by atoms with Crippen LogP contribution in [0, 0.1) is 0 Å². The second-order valence-corrected chi connectivity index (χ2v) is 6.18. The summed E-state index contributed by atoms with van der Waals surface area (Å²) in [6, 6.07) is 5.35. The molecule has 0 spiro atoms. The van der Waals surface area contributed by atoms with Gasteiger partial charge in [0.2, 0.25) is 5.79 Å². The highest BCUT2D eigenvalue weighted by atomic mass is 35.5. The Morgan fingerprint density at radius 3 is 2.92 bits per heavy atom. The van der Waals surface area contributed by atoms with E-state index in [4.69, 9.17) is 9.47 Å². The minimum absolute atomic E-state index is 0. The summed E-state index contributed by atoms with van der Waals surface area (Å²) in [5.74, 6) is 0.384. The van der Waals surface area contributed by atoms with Gasteiger partial charge < -0.3 is 20.1 Å². The van der Waals surface area contributed by atoms with Crippen molar-refractivity contribution in [2.24, 2.45) is 0 Å². The van der Waals surface area contributed by atoms with Crippen LogP contribution in [0.25, 0.3) is 0 Å². The first-order chi connectivity index (χ1) is 11.0. The summed E-state index contributed by atoms with van der Waals surface area (Å²) in [5, 5.41) is 13.2. The third kappa shape index (κ3) is 2.92. The zero-order chi connectivity index (χ0) is 16.0. The summed E-state index contributed by atoms with van der Waals surface area (Å²) >= 11 is 0. The number of halogens is 1. The third-order valence-corrected chi connectivity index (χ3v) is 3.93. The second kappa shape index (κ2) is 5.99. The Morgan fingerprint density at radius 1 is 1.29 bits per heavy atom. The van der Waals surface area contributed by atoms with Gasteiger partial charge >= 0.3 is 0 Å². The summed E-state index contributed by atoms with van der Waals surface area (Å²) in [5.41, 5.74) is 3.05. The fraction of sp³-hybridized carbons (Fsp3) is 0.375. The molecule has 1 aromatic carbocycles. The first-order valence-electron chi connectivity index (χ1n) is 7.62. The number of hydrogen-bond acceptors (Lipinski definition) is 5. The third-order valence-electron chi connectivity index (χ3n) is 3.93. The number of H-pyrrole nitrogens is 1. The number of nitrogens with one attached hydrogen (secondary N) is 3. The molecule has 3 heterocycles. The molecule has 0 radical (unpaired) electrons. The lowest BCUT2D eigenvalue weighted by molar-refractivity contribution is -0.0431. The molecular weight excluding hydrogens is 332 g/mol. The summed E-state index contributed by atoms with van der Waals surface area (Å²) in [4.78, 5) is 12.5. The molecule has 1 amide bonds.